The number of aliphatic imine (C=N–C) groups is 1. The average Bonchev–Trinajstić information content (AvgIpc) is 3.07. The highest BCUT2D eigenvalue weighted by molar-refractivity contribution is 14.0. The molecule has 0 radical (unpaired) electrons. The van der Waals surface area contributed by atoms with E-state index in [1.165, 1.54) is 34.7 Å². The second-order valence-corrected chi connectivity index (χ2v) is 7.22. The lowest BCUT2D eigenvalue weighted by Gasteiger charge is -2.26. The van der Waals surface area contributed by atoms with E-state index < -0.39 is 6.36 Å². The zero-order chi connectivity index (χ0) is 19.3. The fourth-order valence-corrected chi connectivity index (χ4v) is 3.76. The summed E-state index contributed by atoms with van der Waals surface area (Å²) in [7, 11) is 0. The Morgan fingerprint density at radius 2 is 2.00 bits per heavy atom. The standard InChI is InChI=1S/C18H21F3N4OS.HI/c19-18(20,21)26-15-3-1-13(2-4-15)11-24-17(22)23-7-9-25-8-5-16-14(12-25)6-10-27-16;/h1-4,6,10H,5,7-9,11-12H2,(H3,22,23,24);1H. The zero-order valence-corrected chi connectivity index (χ0v) is 18.2. The second kappa shape index (κ2) is 10.3. The van der Waals surface area contributed by atoms with Crippen LogP contribution in [0.25, 0.3) is 0 Å². The van der Waals surface area contributed by atoms with Gasteiger partial charge in [0.15, 0.2) is 5.96 Å². The van der Waals surface area contributed by atoms with Crippen LogP contribution in [0.4, 0.5) is 13.2 Å². The van der Waals surface area contributed by atoms with E-state index in [0.717, 1.165) is 31.6 Å². The van der Waals surface area contributed by atoms with E-state index in [4.69, 9.17) is 5.73 Å². The number of nitrogens with one attached hydrogen (secondary N) is 1. The molecule has 2 heterocycles. The highest BCUT2D eigenvalue weighted by Gasteiger charge is 2.30. The number of fused-ring (bicyclic) bond motifs is 1. The Hall–Kier alpha value is -1.53. The van der Waals surface area contributed by atoms with E-state index >= 15 is 0 Å². The first-order valence-corrected chi connectivity index (χ1v) is 9.43. The molecule has 0 fully saturated rings. The van der Waals surface area contributed by atoms with Gasteiger partial charge in [-0.1, -0.05) is 12.1 Å². The molecular formula is C18H22F3IN4OS. The molecule has 154 valence electrons. The van der Waals surface area contributed by atoms with Gasteiger partial charge in [-0.15, -0.1) is 48.5 Å². The number of hydrogen-bond acceptors (Lipinski definition) is 4. The highest BCUT2D eigenvalue weighted by Crippen LogP contribution is 2.24. The molecule has 1 aromatic carbocycles. The van der Waals surface area contributed by atoms with Crippen molar-refractivity contribution in [3.63, 3.8) is 0 Å². The molecule has 0 amide bonds. The highest BCUT2D eigenvalue weighted by atomic mass is 127. The zero-order valence-electron chi connectivity index (χ0n) is 15.0. The van der Waals surface area contributed by atoms with Gasteiger partial charge in [0, 0.05) is 31.1 Å². The molecule has 1 aliphatic rings. The van der Waals surface area contributed by atoms with Gasteiger partial charge in [0.1, 0.15) is 5.75 Å². The second-order valence-electron chi connectivity index (χ2n) is 6.22. The van der Waals surface area contributed by atoms with Crippen LogP contribution in [0.2, 0.25) is 0 Å². The van der Waals surface area contributed by atoms with Gasteiger partial charge in [-0.2, -0.15) is 0 Å². The van der Waals surface area contributed by atoms with Crippen LogP contribution in [-0.2, 0) is 19.5 Å². The summed E-state index contributed by atoms with van der Waals surface area (Å²) in [5.41, 5.74) is 8.01. The topological polar surface area (TPSA) is 62.9 Å². The molecule has 10 heteroatoms. The van der Waals surface area contributed by atoms with Gasteiger partial charge >= 0.3 is 6.36 Å². The molecular weight excluding hydrogens is 504 g/mol. The summed E-state index contributed by atoms with van der Waals surface area (Å²) in [6.07, 6.45) is -3.60. The SMILES string of the molecule is I.NC(=NCc1ccc(OC(F)(F)F)cc1)NCCN1CCc2sccc2C1. The molecule has 1 aromatic heterocycles. The predicted molar refractivity (Wildman–Crippen MR) is 115 cm³/mol. The van der Waals surface area contributed by atoms with Crippen molar-refractivity contribution in [1.29, 1.82) is 0 Å². The van der Waals surface area contributed by atoms with Crippen LogP contribution in [0.3, 0.4) is 0 Å². The molecule has 1 aliphatic heterocycles. The van der Waals surface area contributed by atoms with Gasteiger partial charge < -0.3 is 15.8 Å². The fourth-order valence-electron chi connectivity index (χ4n) is 2.87. The Morgan fingerprint density at radius 3 is 2.71 bits per heavy atom. The van der Waals surface area contributed by atoms with Crippen molar-refractivity contribution in [2.24, 2.45) is 10.7 Å². The summed E-state index contributed by atoms with van der Waals surface area (Å²) in [6, 6.07) is 7.77. The van der Waals surface area contributed by atoms with Crippen LogP contribution in [0, 0.1) is 0 Å². The molecule has 3 rings (SSSR count). The van der Waals surface area contributed by atoms with Crippen LogP contribution in [0.15, 0.2) is 40.7 Å². The summed E-state index contributed by atoms with van der Waals surface area (Å²) in [4.78, 5) is 8.06. The van der Waals surface area contributed by atoms with Crippen molar-refractivity contribution >= 4 is 41.3 Å². The molecule has 0 aliphatic carbocycles. The summed E-state index contributed by atoms with van der Waals surface area (Å²) in [5, 5.41) is 5.21. The smallest absolute Gasteiger partial charge is 0.406 e. The lowest BCUT2D eigenvalue weighted by Crippen LogP contribution is -2.40. The molecule has 28 heavy (non-hydrogen) atoms. The number of alkyl halides is 3. The Labute approximate surface area is 182 Å². The van der Waals surface area contributed by atoms with E-state index in [1.807, 2.05) is 11.3 Å². The molecule has 5 nitrogen and oxygen atoms in total. The van der Waals surface area contributed by atoms with E-state index in [2.05, 4.69) is 31.4 Å². The molecule has 0 spiro atoms. The Kier molecular flexibility index (Phi) is 8.38. The number of ether oxygens (including phenoxy) is 1. The minimum atomic E-state index is -4.69. The molecule has 0 unspecified atom stereocenters. The summed E-state index contributed by atoms with van der Waals surface area (Å²) < 4.78 is 40.2. The van der Waals surface area contributed by atoms with Crippen molar-refractivity contribution in [3.8, 4) is 5.75 Å². The number of nitrogens with two attached hydrogens (primary N) is 1. The first kappa shape index (κ1) is 22.8. The molecule has 0 saturated heterocycles. The summed E-state index contributed by atoms with van der Waals surface area (Å²) in [5.74, 6) is 0.0653. The monoisotopic (exact) mass is 526 g/mol. The third kappa shape index (κ3) is 7.13. The number of nitrogens with zero attached hydrogens (tertiary/aromatic N) is 2. The van der Waals surface area contributed by atoms with Gasteiger partial charge in [-0.25, -0.2) is 4.99 Å². The van der Waals surface area contributed by atoms with Crippen LogP contribution in [0.1, 0.15) is 16.0 Å². The van der Waals surface area contributed by atoms with Gasteiger partial charge in [0.25, 0.3) is 0 Å². The fraction of sp³-hybridized carbons (Fsp3) is 0.389. The molecule has 3 N–H and O–H groups in total. The Morgan fingerprint density at radius 1 is 1.25 bits per heavy atom. The van der Waals surface area contributed by atoms with E-state index in [0.29, 0.717) is 12.5 Å². The largest absolute Gasteiger partial charge is 0.573 e. The first-order chi connectivity index (χ1) is 12.9. The third-order valence-corrected chi connectivity index (χ3v) is 5.23. The number of benzene rings is 1. The van der Waals surface area contributed by atoms with Crippen molar-refractivity contribution in [2.45, 2.75) is 25.9 Å². The lowest BCUT2D eigenvalue weighted by molar-refractivity contribution is -0.274. The third-order valence-electron chi connectivity index (χ3n) is 4.21. The maximum absolute atomic E-state index is 12.1. The number of halogens is 4. The quantitative estimate of drug-likeness (QED) is 0.342. The van der Waals surface area contributed by atoms with Crippen LogP contribution < -0.4 is 15.8 Å². The number of hydrogen-bond donors (Lipinski definition) is 2. The summed E-state index contributed by atoms with van der Waals surface area (Å²) >= 11 is 1.82. The maximum Gasteiger partial charge on any atom is 0.573 e. The van der Waals surface area contributed by atoms with E-state index in [9.17, 15) is 13.2 Å². The van der Waals surface area contributed by atoms with Crippen LogP contribution in [-0.4, -0.2) is 36.9 Å². The van der Waals surface area contributed by atoms with Crippen molar-refractivity contribution in [2.75, 3.05) is 19.6 Å². The average molecular weight is 526 g/mol. The number of rotatable bonds is 6. The minimum Gasteiger partial charge on any atom is -0.406 e. The lowest BCUT2D eigenvalue weighted by atomic mass is 10.1. The molecule has 0 bridgehead atoms. The predicted octanol–water partition coefficient (Wildman–Crippen LogP) is 3.73. The maximum atomic E-state index is 12.1. The Balaban J connectivity index is 0.00000280. The van der Waals surface area contributed by atoms with Gasteiger partial charge in [0.2, 0.25) is 0 Å². The van der Waals surface area contributed by atoms with Crippen LogP contribution in [0.5, 0.6) is 5.75 Å². The van der Waals surface area contributed by atoms with Gasteiger partial charge in [0.05, 0.1) is 6.54 Å². The Bertz CT molecular complexity index is 780. The summed E-state index contributed by atoms with van der Waals surface area (Å²) in [6.45, 7) is 3.84. The molecule has 2 aromatic rings. The van der Waals surface area contributed by atoms with Crippen molar-refractivity contribution in [1.82, 2.24) is 10.2 Å². The van der Waals surface area contributed by atoms with Gasteiger partial charge in [-0.05, 0) is 41.1 Å². The first-order valence-electron chi connectivity index (χ1n) is 8.55. The van der Waals surface area contributed by atoms with Crippen LogP contribution >= 0.6 is 35.3 Å². The normalized spacial score (nSPS) is 14.9. The van der Waals surface area contributed by atoms with Crippen molar-refractivity contribution in [3.05, 3.63) is 51.7 Å². The number of guanidine groups is 1. The number of thiophene rings is 1. The van der Waals surface area contributed by atoms with E-state index in [-0.39, 0.29) is 36.3 Å². The van der Waals surface area contributed by atoms with E-state index in [1.54, 1.807) is 0 Å². The minimum absolute atomic E-state index is 0. The molecule has 0 atom stereocenters. The van der Waals surface area contributed by atoms with Gasteiger partial charge in [-0.3, -0.25) is 4.90 Å². The van der Waals surface area contributed by atoms with Crippen molar-refractivity contribution < 1.29 is 17.9 Å². The molecule has 0 saturated carbocycles.